The first kappa shape index (κ1) is 16.4. The number of phenols is 1. The Balaban J connectivity index is 1.81. The zero-order chi connectivity index (χ0) is 17.1. The van der Waals surface area contributed by atoms with Crippen LogP contribution in [-0.4, -0.2) is 51.4 Å². The second-order valence-electron chi connectivity index (χ2n) is 6.30. The monoisotopic (exact) mass is 325 g/mol. The minimum atomic E-state index is 0.154. The molecule has 6 heteroatoms. The Morgan fingerprint density at radius 3 is 2.88 bits per heavy atom. The van der Waals surface area contributed by atoms with Crippen LogP contribution < -0.4 is 5.32 Å². The smallest absolute Gasteiger partial charge is 0.243 e. The fourth-order valence-corrected chi connectivity index (χ4v) is 3.06. The fraction of sp³-hybridized carbons (Fsp3) is 0.389. The minimum absolute atomic E-state index is 0.154. The van der Waals surface area contributed by atoms with Crippen LogP contribution in [0.2, 0.25) is 0 Å². The molecule has 1 aromatic carbocycles. The summed E-state index contributed by atoms with van der Waals surface area (Å²) in [6, 6.07) is 5.70. The van der Waals surface area contributed by atoms with E-state index in [1.54, 1.807) is 12.1 Å². The molecule has 0 amide bonds. The van der Waals surface area contributed by atoms with Gasteiger partial charge in [0, 0.05) is 18.2 Å². The van der Waals surface area contributed by atoms with Crippen LogP contribution >= 0.6 is 0 Å². The number of benzene rings is 1. The summed E-state index contributed by atoms with van der Waals surface area (Å²) in [4.78, 5) is 6.82. The Morgan fingerprint density at radius 2 is 2.21 bits per heavy atom. The molecule has 1 unspecified atom stereocenters. The van der Waals surface area contributed by atoms with Crippen molar-refractivity contribution in [3.8, 4) is 17.0 Å². The number of piperidine rings is 1. The lowest BCUT2D eigenvalue weighted by molar-refractivity contribution is 0.260. The van der Waals surface area contributed by atoms with Gasteiger partial charge in [-0.15, -0.1) is 10.2 Å². The van der Waals surface area contributed by atoms with Crippen molar-refractivity contribution in [2.24, 2.45) is 0 Å². The van der Waals surface area contributed by atoms with Crippen molar-refractivity contribution in [2.75, 3.05) is 25.5 Å². The fourth-order valence-electron chi connectivity index (χ4n) is 3.06. The lowest BCUT2D eigenvalue weighted by Crippen LogP contribution is -2.40. The zero-order valence-electron chi connectivity index (χ0n) is 14.2. The highest BCUT2D eigenvalue weighted by atomic mass is 16.3. The van der Waals surface area contributed by atoms with Gasteiger partial charge in [-0.3, -0.25) is 0 Å². The van der Waals surface area contributed by atoms with Crippen LogP contribution in [0.1, 0.15) is 24.1 Å². The molecule has 0 radical (unpaired) electrons. The van der Waals surface area contributed by atoms with Gasteiger partial charge < -0.3 is 15.3 Å². The Morgan fingerprint density at radius 1 is 1.38 bits per heavy atom. The molecule has 3 rings (SSSR count). The van der Waals surface area contributed by atoms with E-state index in [2.05, 4.69) is 39.0 Å². The third-order valence-corrected chi connectivity index (χ3v) is 4.33. The molecule has 24 heavy (non-hydrogen) atoms. The van der Waals surface area contributed by atoms with E-state index in [0.29, 0.717) is 23.2 Å². The average Bonchev–Trinajstić information content (AvgIpc) is 2.55. The van der Waals surface area contributed by atoms with Gasteiger partial charge in [0.2, 0.25) is 5.95 Å². The summed E-state index contributed by atoms with van der Waals surface area (Å²) in [6.07, 6.45) is 3.97. The molecule has 1 aliphatic heterocycles. The van der Waals surface area contributed by atoms with Crippen LogP contribution in [0.4, 0.5) is 5.95 Å². The Labute approximate surface area is 142 Å². The second kappa shape index (κ2) is 6.97. The molecule has 6 nitrogen and oxygen atoms in total. The van der Waals surface area contributed by atoms with E-state index in [4.69, 9.17) is 0 Å². The topological polar surface area (TPSA) is 74.2 Å². The second-order valence-corrected chi connectivity index (χ2v) is 6.30. The Kier molecular flexibility index (Phi) is 4.76. The number of aryl methyl sites for hydroxylation is 1. The molecule has 0 bridgehead atoms. The quantitative estimate of drug-likeness (QED) is 0.900. The summed E-state index contributed by atoms with van der Waals surface area (Å²) >= 11 is 0. The third-order valence-electron chi connectivity index (χ3n) is 4.33. The van der Waals surface area contributed by atoms with Gasteiger partial charge in [-0.2, -0.15) is 0 Å². The molecular formula is C18H23N5O. The van der Waals surface area contributed by atoms with Crippen molar-refractivity contribution in [2.45, 2.75) is 25.8 Å². The average molecular weight is 325 g/mol. The van der Waals surface area contributed by atoms with Gasteiger partial charge in [-0.05, 0) is 51.1 Å². The third kappa shape index (κ3) is 3.54. The lowest BCUT2D eigenvalue weighted by Gasteiger charge is -2.30. The molecule has 1 aliphatic rings. The number of nitrogens with one attached hydrogen (secondary N) is 1. The Bertz CT molecular complexity index is 746. The van der Waals surface area contributed by atoms with Crippen LogP contribution in [0.5, 0.6) is 5.75 Å². The molecule has 2 aromatic rings. The van der Waals surface area contributed by atoms with E-state index < -0.39 is 0 Å². The normalized spacial score (nSPS) is 18.3. The van der Waals surface area contributed by atoms with E-state index >= 15 is 0 Å². The van der Waals surface area contributed by atoms with Gasteiger partial charge in [-0.1, -0.05) is 18.7 Å². The first-order valence-electron chi connectivity index (χ1n) is 8.19. The van der Waals surface area contributed by atoms with E-state index in [0.717, 1.165) is 30.8 Å². The predicted molar refractivity (Wildman–Crippen MR) is 95.9 cm³/mol. The van der Waals surface area contributed by atoms with Crippen molar-refractivity contribution >= 4 is 12.0 Å². The van der Waals surface area contributed by atoms with Crippen molar-refractivity contribution in [3.05, 3.63) is 36.0 Å². The number of aromatic hydroxyl groups is 1. The van der Waals surface area contributed by atoms with E-state index in [-0.39, 0.29) is 5.75 Å². The van der Waals surface area contributed by atoms with Gasteiger partial charge in [0.1, 0.15) is 11.4 Å². The molecule has 2 heterocycles. The molecule has 1 aromatic heterocycles. The van der Waals surface area contributed by atoms with Crippen molar-refractivity contribution in [1.82, 2.24) is 20.1 Å². The van der Waals surface area contributed by atoms with Crippen LogP contribution in [0, 0.1) is 6.92 Å². The molecule has 0 saturated carbocycles. The van der Waals surface area contributed by atoms with Crippen LogP contribution in [0.3, 0.4) is 0 Å². The van der Waals surface area contributed by atoms with Gasteiger partial charge in [0.05, 0.1) is 5.69 Å². The molecule has 1 saturated heterocycles. The van der Waals surface area contributed by atoms with Gasteiger partial charge >= 0.3 is 0 Å². The van der Waals surface area contributed by atoms with Crippen LogP contribution in [0.25, 0.3) is 17.3 Å². The summed E-state index contributed by atoms with van der Waals surface area (Å²) in [7, 11) is 2.12. The van der Waals surface area contributed by atoms with E-state index in [9.17, 15) is 5.11 Å². The molecule has 126 valence electrons. The largest absolute Gasteiger partial charge is 0.507 e. The molecule has 0 aliphatic carbocycles. The van der Waals surface area contributed by atoms with Gasteiger partial charge in [-0.25, -0.2) is 4.98 Å². The predicted octanol–water partition coefficient (Wildman–Crippen LogP) is 2.70. The summed E-state index contributed by atoms with van der Waals surface area (Å²) in [5, 5.41) is 22.0. The number of likely N-dealkylation sites (N-methyl/N-ethyl adjacent to an activating group) is 1. The maximum atomic E-state index is 10.2. The number of aromatic nitrogens is 3. The highest BCUT2D eigenvalue weighted by molar-refractivity contribution is 5.70. The van der Waals surface area contributed by atoms with Crippen molar-refractivity contribution in [3.63, 3.8) is 0 Å². The van der Waals surface area contributed by atoms with E-state index in [1.807, 2.05) is 19.1 Å². The number of phenolic OH excluding ortho intramolecular Hbond substituents is 1. The summed E-state index contributed by atoms with van der Waals surface area (Å²) in [5.41, 5.74) is 2.81. The van der Waals surface area contributed by atoms with Crippen molar-refractivity contribution in [1.29, 1.82) is 0 Å². The minimum Gasteiger partial charge on any atom is -0.507 e. The standard InChI is InChI=1S/C18H23N5O/c1-4-13-7-8-15(16(24)10-13)17-12(2)19-18(22-21-17)20-14-6-5-9-23(3)11-14/h4,7-8,10,14,24H,1,5-6,9,11H2,2-3H3,(H,19,20,22). The molecule has 1 atom stereocenters. The number of hydrogen-bond acceptors (Lipinski definition) is 6. The highest BCUT2D eigenvalue weighted by Crippen LogP contribution is 2.30. The maximum absolute atomic E-state index is 10.2. The number of likely N-dealkylation sites (tertiary alicyclic amines) is 1. The SMILES string of the molecule is C=Cc1ccc(-c2nnc(NC3CCCN(C)C3)nc2C)c(O)c1. The number of nitrogens with zero attached hydrogens (tertiary/aromatic N) is 4. The molecular weight excluding hydrogens is 302 g/mol. The van der Waals surface area contributed by atoms with Crippen molar-refractivity contribution < 1.29 is 5.11 Å². The van der Waals surface area contributed by atoms with Crippen LogP contribution in [0.15, 0.2) is 24.8 Å². The lowest BCUT2D eigenvalue weighted by atomic mass is 10.1. The maximum Gasteiger partial charge on any atom is 0.243 e. The number of hydrogen-bond donors (Lipinski definition) is 2. The first-order chi connectivity index (χ1) is 11.6. The number of anilines is 1. The molecule has 1 fully saturated rings. The summed E-state index contributed by atoms with van der Waals surface area (Å²) in [5.74, 6) is 0.694. The first-order valence-corrected chi connectivity index (χ1v) is 8.19. The number of rotatable bonds is 4. The molecule has 2 N–H and O–H groups in total. The van der Waals surface area contributed by atoms with Gasteiger partial charge in [0.25, 0.3) is 0 Å². The van der Waals surface area contributed by atoms with E-state index in [1.165, 1.54) is 6.42 Å². The Hall–Kier alpha value is -2.47. The summed E-state index contributed by atoms with van der Waals surface area (Å²) in [6.45, 7) is 7.69. The zero-order valence-corrected chi connectivity index (χ0v) is 14.2. The van der Waals surface area contributed by atoms with Gasteiger partial charge in [0.15, 0.2) is 0 Å². The summed E-state index contributed by atoms with van der Waals surface area (Å²) < 4.78 is 0. The molecule has 0 spiro atoms. The van der Waals surface area contributed by atoms with Crippen LogP contribution in [-0.2, 0) is 0 Å². The highest BCUT2D eigenvalue weighted by Gasteiger charge is 2.19.